The number of aromatic nitrogens is 1. The van der Waals surface area contributed by atoms with Gasteiger partial charge in [0, 0.05) is 43.8 Å². The molecule has 0 saturated heterocycles. The molecular weight excluding hydrogens is 236 g/mol. The number of anilines is 2. The van der Waals surface area contributed by atoms with Crippen LogP contribution in [-0.4, -0.2) is 19.1 Å². The van der Waals surface area contributed by atoms with E-state index in [0.717, 1.165) is 16.9 Å². The molecule has 1 aromatic carbocycles. The van der Waals surface area contributed by atoms with Gasteiger partial charge in [-0.05, 0) is 24.3 Å². The number of nitrogens with zero attached hydrogens (tertiary/aromatic N) is 3. The maximum absolute atomic E-state index is 8.99. The normalized spacial score (nSPS) is 9.74. The summed E-state index contributed by atoms with van der Waals surface area (Å²) in [5.41, 5.74) is 3.54. The van der Waals surface area contributed by atoms with Crippen LogP contribution in [0, 0.1) is 11.3 Å². The lowest BCUT2D eigenvalue weighted by Crippen LogP contribution is -2.09. The Bertz CT molecular complexity index is 599. The Balaban J connectivity index is 2.11. The lowest BCUT2D eigenvalue weighted by molar-refractivity contribution is 1.08. The fourth-order valence-electron chi connectivity index (χ4n) is 1.77. The highest BCUT2D eigenvalue weighted by atomic mass is 15.1. The molecule has 0 aliphatic rings. The molecule has 0 unspecified atom stereocenters. The lowest BCUT2D eigenvalue weighted by Gasteiger charge is -2.14. The molecule has 19 heavy (non-hydrogen) atoms. The highest BCUT2D eigenvalue weighted by Crippen LogP contribution is 2.18. The van der Waals surface area contributed by atoms with Gasteiger partial charge in [0.1, 0.15) is 11.8 Å². The van der Waals surface area contributed by atoms with Gasteiger partial charge in [-0.15, -0.1) is 0 Å². The second-order valence-electron chi connectivity index (χ2n) is 4.42. The van der Waals surface area contributed by atoms with Crippen LogP contribution in [0.5, 0.6) is 0 Å². The number of rotatable bonds is 4. The standard InChI is InChI=1S/C15H16N4/c1-19(2)14-7-3-6-13(9-14)18-11-12-5-4-8-17-15(12)10-16/h3-9,18H,11H2,1-2H3. The first-order valence-corrected chi connectivity index (χ1v) is 6.06. The highest BCUT2D eigenvalue weighted by Gasteiger charge is 2.02. The van der Waals surface area contributed by atoms with E-state index >= 15 is 0 Å². The topological polar surface area (TPSA) is 52.0 Å². The molecule has 0 amide bonds. The number of hydrogen-bond donors (Lipinski definition) is 1. The Morgan fingerprint density at radius 2 is 2.11 bits per heavy atom. The summed E-state index contributed by atoms with van der Waals surface area (Å²) in [7, 11) is 4.02. The number of hydrogen-bond acceptors (Lipinski definition) is 4. The Labute approximate surface area is 113 Å². The molecule has 2 rings (SSSR count). The maximum Gasteiger partial charge on any atom is 0.145 e. The minimum atomic E-state index is 0.471. The minimum Gasteiger partial charge on any atom is -0.381 e. The predicted molar refractivity (Wildman–Crippen MR) is 77.0 cm³/mol. The van der Waals surface area contributed by atoms with Crippen molar-refractivity contribution in [3.05, 3.63) is 53.9 Å². The van der Waals surface area contributed by atoms with E-state index in [-0.39, 0.29) is 0 Å². The third kappa shape index (κ3) is 3.23. The van der Waals surface area contributed by atoms with E-state index in [2.05, 4.69) is 33.4 Å². The Morgan fingerprint density at radius 1 is 1.26 bits per heavy atom. The smallest absolute Gasteiger partial charge is 0.145 e. The molecule has 0 saturated carbocycles. The summed E-state index contributed by atoms with van der Waals surface area (Å²) < 4.78 is 0. The average molecular weight is 252 g/mol. The van der Waals surface area contributed by atoms with Crippen molar-refractivity contribution in [1.29, 1.82) is 5.26 Å². The molecule has 0 radical (unpaired) electrons. The van der Waals surface area contributed by atoms with Gasteiger partial charge in [-0.3, -0.25) is 0 Å². The molecule has 96 valence electrons. The third-order valence-corrected chi connectivity index (χ3v) is 2.84. The van der Waals surface area contributed by atoms with Gasteiger partial charge in [0.2, 0.25) is 0 Å². The van der Waals surface area contributed by atoms with E-state index < -0.39 is 0 Å². The SMILES string of the molecule is CN(C)c1cccc(NCc2cccnc2C#N)c1. The van der Waals surface area contributed by atoms with Crippen LogP contribution in [0.2, 0.25) is 0 Å². The largest absolute Gasteiger partial charge is 0.381 e. The summed E-state index contributed by atoms with van der Waals surface area (Å²) in [6.45, 7) is 0.591. The molecule has 0 aliphatic carbocycles. The summed E-state index contributed by atoms with van der Waals surface area (Å²) in [5.74, 6) is 0. The number of benzene rings is 1. The van der Waals surface area contributed by atoms with Crippen molar-refractivity contribution in [2.45, 2.75) is 6.54 Å². The highest BCUT2D eigenvalue weighted by molar-refractivity contribution is 5.57. The van der Waals surface area contributed by atoms with Gasteiger partial charge in [-0.25, -0.2) is 4.98 Å². The zero-order valence-electron chi connectivity index (χ0n) is 11.1. The average Bonchev–Trinajstić information content (AvgIpc) is 2.45. The van der Waals surface area contributed by atoms with Crippen LogP contribution in [-0.2, 0) is 6.54 Å². The molecule has 0 spiro atoms. The summed E-state index contributed by atoms with van der Waals surface area (Å²) in [6, 6.07) is 14.0. The maximum atomic E-state index is 8.99. The molecule has 0 fully saturated rings. The van der Waals surface area contributed by atoms with Crippen molar-refractivity contribution in [3.63, 3.8) is 0 Å². The molecule has 2 aromatic rings. The molecular formula is C15H16N4. The third-order valence-electron chi connectivity index (χ3n) is 2.84. The fourth-order valence-corrected chi connectivity index (χ4v) is 1.77. The molecule has 0 bridgehead atoms. The van der Waals surface area contributed by atoms with Gasteiger partial charge in [0.25, 0.3) is 0 Å². The molecule has 1 heterocycles. The zero-order valence-corrected chi connectivity index (χ0v) is 11.1. The lowest BCUT2D eigenvalue weighted by atomic mass is 10.2. The van der Waals surface area contributed by atoms with Gasteiger partial charge >= 0.3 is 0 Å². The molecule has 0 aliphatic heterocycles. The molecule has 1 aromatic heterocycles. The fraction of sp³-hybridized carbons (Fsp3) is 0.200. The van der Waals surface area contributed by atoms with Crippen LogP contribution in [0.1, 0.15) is 11.3 Å². The van der Waals surface area contributed by atoms with Crippen LogP contribution in [0.3, 0.4) is 0 Å². The van der Waals surface area contributed by atoms with Gasteiger partial charge in [-0.1, -0.05) is 12.1 Å². The molecule has 1 N–H and O–H groups in total. The van der Waals surface area contributed by atoms with E-state index in [4.69, 9.17) is 5.26 Å². The molecule has 0 atom stereocenters. The van der Waals surface area contributed by atoms with Crippen LogP contribution in [0.4, 0.5) is 11.4 Å². The van der Waals surface area contributed by atoms with E-state index in [1.54, 1.807) is 6.20 Å². The van der Waals surface area contributed by atoms with Crippen molar-refractivity contribution < 1.29 is 0 Å². The first-order chi connectivity index (χ1) is 9.20. The number of pyridine rings is 1. The Morgan fingerprint density at radius 3 is 2.84 bits per heavy atom. The second-order valence-corrected chi connectivity index (χ2v) is 4.42. The van der Waals surface area contributed by atoms with Crippen LogP contribution in [0.15, 0.2) is 42.6 Å². The Hall–Kier alpha value is -2.54. The second kappa shape index (κ2) is 5.87. The quantitative estimate of drug-likeness (QED) is 0.908. The number of nitrogens with one attached hydrogen (secondary N) is 1. The van der Waals surface area contributed by atoms with Gasteiger partial charge in [-0.2, -0.15) is 5.26 Å². The summed E-state index contributed by atoms with van der Waals surface area (Å²) >= 11 is 0. The van der Waals surface area contributed by atoms with Crippen LogP contribution >= 0.6 is 0 Å². The first-order valence-electron chi connectivity index (χ1n) is 6.06. The van der Waals surface area contributed by atoms with Crippen molar-refractivity contribution in [2.75, 3.05) is 24.3 Å². The first kappa shape index (κ1) is 12.9. The monoisotopic (exact) mass is 252 g/mol. The summed E-state index contributed by atoms with van der Waals surface area (Å²) in [4.78, 5) is 6.10. The van der Waals surface area contributed by atoms with Gasteiger partial charge < -0.3 is 10.2 Å². The zero-order chi connectivity index (χ0) is 13.7. The molecule has 4 nitrogen and oxygen atoms in total. The van der Waals surface area contributed by atoms with E-state index in [1.807, 2.05) is 38.4 Å². The van der Waals surface area contributed by atoms with Crippen molar-refractivity contribution in [1.82, 2.24) is 4.98 Å². The van der Waals surface area contributed by atoms with E-state index in [1.165, 1.54) is 0 Å². The number of nitriles is 1. The van der Waals surface area contributed by atoms with E-state index in [9.17, 15) is 0 Å². The van der Waals surface area contributed by atoms with Crippen molar-refractivity contribution in [2.24, 2.45) is 0 Å². The summed E-state index contributed by atoms with van der Waals surface area (Å²) in [6.07, 6.45) is 1.63. The molecule has 4 heteroatoms. The van der Waals surface area contributed by atoms with E-state index in [0.29, 0.717) is 12.2 Å². The minimum absolute atomic E-state index is 0.471. The van der Waals surface area contributed by atoms with Crippen molar-refractivity contribution >= 4 is 11.4 Å². The summed E-state index contributed by atoms with van der Waals surface area (Å²) in [5, 5.41) is 12.3. The van der Waals surface area contributed by atoms with Crippen LogP contribution in [0.25, 0.3) is 0 Å². The van der Waals surface area contributed by atoms with Crippen LogP contribution < -0.4 is 10.2 Å². The predicted octanol–water partition coefficient (Wildman–Crippen LogP) is 2.63. The van der Waals surface area contributed by atoms with Gasteiger partial charge in [0.15, 0.2) is 0 Å². The van der Waals surface area contributed by atoms with Crippen molar-refractivity contribution in [3.8, 4) is 6.07 Å². The van der Waals surface area contributed by atoms with Gasteiger partial charge in [0.05, 0.1) is 0 Å². The Kier molecular flexibility index (Phi) is 3.99.